The van der Waals surface area contributed by atoms with Gasteiger partial charge in [0.25, 0.3) is 5.91 Å². The van der Waals surface area contributed by atoms with Crippen LogP contribution >= 0.6 is 0 Å². The Morgan fingerprint density at radius 1 is 0.788 bits per heavy atom. The minimum absolute atomic E-state index is 0.0844. The summed E-state index contributed by atoms with van der Waals surface area (Å²) in [4.78, 5) is 23.8. The van der Waals surface area contributed by atoms with E-state index < -0.39 is 0 Å². The first-order valence-corrected chi connectivity index (χ1v) is 10.9. The Labute approximate surface area is 193 Å². The lowest BCUT2D eigenvalue weighted by Gasteiger charge is -2.07. The van der Waals surface area contributed by atoms with E-state index in [9.17, 15) is 9.59 Å². The van der Waals surface area contributed by atoms with E-state index in [1.54, 1.807) is 12.1 Å². The molecule has 0 fully saturated rings. The summed E-state index contributed by atoms with van der Waals surface area (Å²) < 4.78 is 1.91. The van der Waals surface area contributed by atoms with Gasteiger partial charge in [-0.3, -0.25) is 14.3 Å². The number of nitrogens with zero attached hydrogens (tertiary/aromatic N) is 2. The first-order valence-electron chi connectivity index (χ1n) is 10.9. The minimum Gasteiger partial charge on any atom is -0.352 e. The van der Waals surface area contributed by atoms with Crippen LogP contribution in [0, 0.1) is 0 Å². The molecule has 1 aromatic heterocycles. The van der Waals surface area contributed by atoms with Crippen molar-refractivity contribution in [3.8, 4) is 11.3 Å². The predicted molar refractivity (Wildman–Crippen MR) is 128 cm³/mol. The third-order valence-corrected chi connectivity index (χ3v) is 5.27. The highest BCUT2D eigenvalue weighted by atomic mass is 16.2. The molecular weight excluding hydrogens is 412 g/mol. The molecule has 0 aliphatic carbocycles. The second kappa shape index (κ2) is 10.4. The van der Waals surface area contributed by atoms with E-state index in [4.69, 9.17) is 5.10 Å². The van der Waals surface area contributed by atoms with E-state index in [0.29, 0.717) is 25.2 Å². The number of hydrogen-bond donors (Lipinski definition) is 2. The first-order chi connectivity index (χ1) is 16.1. The molecule has 4 rings (SSSR count). The molecule has 166 valence electrons. The third-order valence-electron chi connectivity index (χ3n) is 5.27. The maximum Gasteiger partial charge on any atom is 0.251 e. The quantitative estimate of drug-likeness (QED) is 0.434. The first kappa shape index (κ1) is 22.0. The molecule has 0 spiro atoms. The number of amides is 2. The Hall–Kier alpha value is -4.19. The summed E-state index contributed by atoms with van der Waals surface area (Å²) in [5.41, 5.74) is 5.49. The molecule has 33 heavy (non-hydrogen) atoms. The number of nitrogens with one attached hydrogen (secondary N) is 2. The van der Waals surface area contributed by atoms with Gasteiger partial charge < -0.3 is 10.6 Å². The van der Waals surface area contributed by atoms with Crippen LogP contribution in [0.25, 0.3) is 11.3 Å². The molecule has 0 radical (unpaired) electrons. The minimum atomic E-state index is -0.157. The molecule has 0 unspecified atom stereocenters. The summed E-state index contributed by atoms with van der Waals surface area (Å²) in [6.07, 6.45) is 1.99. The molecular formula is C27H26N4O2. The van der Waals surface area contributed by atoms with Crippen LogP contribution in [-0.2, 0) is 24.4 Å². The number of aromatic nitrogens is 2. The molecule has 0 bridgehead atoms. The molecule has 0 saturated heterocycles. The highest BCUT2D eigenvalue weighted by Gasteiger charge is 2.13. The normalized spacial score (nSPS) is 10.6. The Morgan fingerprint density at radius 2 is 1.45 bits per heavy atom. The Balaban J connectivity index is 1.48. The maximum absolute atomic E-state index is 12.7. The Bertz CT molecular complexity index is 1220. The number of rotatable bonds is 8. The number of hydrogen-bond acceptors (Lipinski definition) is 3. The van der Waals surface area contributed by atoms with Crippen molar-refractivity contribution in [2.45, 2.75) is 26.6 Å². The van der Waals surface area contributed by atoms with E-state index in [1.807, 2.05) is 71.5 Å². The van der Waals surface area contributed by atoms with Gasteiger partial charge in [0.05, 0.1) is 12.2 Å². The lowest BCUT2D eigenvalue weighted by molar-refractivity contribution is -0.119. The summed E-state index contributed by atoms with van der Waals surface area (Å²) in [5, 5.41) is 10.6. The summed E-state index contributed by atoms with van der Waals surface area (Å²) in [7, 11) is 0. The molecule has 2 N–H and O–H groups in total. The lowest BCUT2D eigenvalue weighted by atomic mass is 10.1. The molecule has 0 saturated carbocycles. The zero-order valence-electron chi connectivity index (χ0n) is 18.5. The lowest BCUT2D eigenvalue weighted by Crippen LogP contribution is -2.23. The summed E-state index contributed by atoms with van der Waals surface area (Å²) in [6, 6.07) is 27.4. The largest absolute Gasteiger partial charge is 0.352 e. The van der Waals surface area contributed by atoms with Crippen LogP contribution in [0.5, 0.6) is 0 Å². The zero-order chi connectivity index (χ0) is 23.0. The summed E-state index contributed by atoms with van der Waals surface area (Å²) in [5.74, 6) is -0.241. The van der Waals surface area contributed by atoms with Gasteiger partial charge in [-0.2, -0.15) is 5.10 Å². The fourth-order valence-corrected chi connectivity index (χ4v) is 3.56. The van der Waals surface area contributed by atoms with E-state index in [1.165, 1.54) is 6.92 Å². The van der Waals surface area contributed by atoms with Crippen molar-refractivity contribution < 1.29 is 9.59 Å². The van der Waals surface area contributed by atoms with Gasteiger partial charge in [-0.15, -0.1) is 0 Å². The number of benzene rings is 3. The van der Waals surface area contributed by atoms with Gasteiger partial charge in [-0.05, 0) is 23.3 Å². The Kier molecular flexibility index (Phi) is 6.95. The maximum atomic E-state index is 12.7. The van der Waals surface area contributed by atoms with Crippen LogP contribution in [0.2, 0.25) is 0 Å². The third kappa shape index (κ3) is 5.95. The highest BCUT2D eigenvalue weighted by molar-refractivity contribution is 5.94. The highest BCUT2D eigenvalue weighted by Crippen LogP contribution is 2.22. The van der Waals surface area contributed by atoms with Crippen LogP contribution in [0.4, 0.5) is 0 Å². The van der Waals surface area contributed by atoms with E-state index in [0.717, 1.165) is 27.9 Å². The number of carbonyl (C=O) groups excluding carboxylic acids is 2. The van der Waals surface area contributed by atoms with Crippen LogP contribution in [0.3, 0.4) is 0 Å². The second-order valence-corrected chi connectivity index (χ2v) is 7.84. The molecule has 0 aliphatic heterocycles. The zero-order valence-corrected chi connectivity index (χ0v) is 18.5. The monoisotopic (exact) mass is 438 g/mol. The van der Waals surface area contributed by atoms with Crippen molar-refractivity contribution in [1.29, 1.82) is 0 Å². The van der Waals surface area contributed by atoms with Gasteiger partial charge in [-0.1, -0.05) is 72.8 Å². The smallest absolute Gasteiger partial charge is 0.251 e. The predicted octanol–water partition coefficient (Wildman–Crippen LogP) is 4.16. The molecule has 1 heterocycles. The van der Waals surface area contributed by atoms with Crippen molar-refractivity contribution >= 4 is 11.8 Å². The molecule has 2 amide bonds. The van der Waals surface area contributed by atoms with Gasteiger partial charge in [0.2, 0.25) is 5.91 Å². The average molecular weight is 439 g/mol. The Morgan fingerprint density at radius 3 is 2.12 bits per heavy atom. The molecule has 6 nitrogen and oxygen atoms in total. The van der Waals surface area contributed by atoms with Gasteiger partial charge >= 0.3 is 0 Å². The fraction of sp³-hybridized carbons (Fsp3) is 0.148. The molecule has 0 aliphatic rings. The molecule has 6 heteroatoms. The van der Waals surface area contributed by atoms with Crippen LogP contribution < -0.4 is 10.6 Å². The van der Waals surface area contributed by atoms with E-state index in [-0.39, 0.29) is 11.8 Å². The van der Waals surface area contributed by atoms with Crippen LogP contribution in [0.1, 0.15) is 34.0 Å². The van der Waals surface area contributed by atoms with E-state index in [2.05, 4.69) is 22.8 Å². The van der Waals surface area contributed by atoms with Crippen molar-refractivity contribution in [3.05, 3.63) is 113 Å². The van der Waals surface area contributed by atoms with Gasteiger partial charge in [0.1, 0.15) is 0 Å². The van der Waals surface area contributed by atoms with Gasteiger partial charge in [-0.25, -0.2) is 0 Å². The second-order valence-electron chi connectivity index (χ2n) is 7.84. The van der Waals surface area contributed by atoms with Crippen molar-refractivity contribution in [1.82, 2.24) is 20.4 Å². The molecule has 0 atom stereocenters. The van der Waals surface area contributed by atoms with Crippen LogP contribution in [0.15, 0.2) is 91.1 Å². The van der Waals surface area contributed by atoms with Gasteiger partial charge in [0.15, 0.2) is 0 Å². The van der Waals surface area contributed by atoms with Crippen molar-refractivity contribution in [3.63, 3.8) is 0 Å². The fourth-order valence-electron chi connectivity index (χ4n) is 3.56. The van der Waals surface area contributed by atoms with E-state index >= 15 is 0 Å². The topological polar surface area (TPSA) is 76.0 Å². The standard InChI is InChI=1S/C27H26N4O2/c1-20(32)28-16-21-12-14-24(15-13-21)27(33)29-17-25-19-31(18-22-8-4-2-5-9-22)30-26(25)23-10-6-3-7-11-23/h2-15,19H,16-18H2,1H3,(H,28,32)(H,29,33). The van der Waals surface area contributed by atoms with Crippen molar-refractivity contribution in [2.75, 3.05) is 0 Å². The van der Waals surface area contributed by atoms with Crippen molar-refractivity contribution in [2.24, 2.45) is 0 Å². The SMILES string of the molecule is CC(=O)NCc1ccc(C(=O)NCc2cn(Cc3ccccc3)nc2-c2ccccc2)cc1. The molecule has 3 aromatic carbocycles. The van der Waals surface area contributed by atoms with Gasteiger partial charge in [0, 0.05) is 42.9 Å². The average Bonchev–Trinajstić information content (AvgIpc) is 3.25. The summed E-state index contributed by atoms with van der Waals surface area (Å²) >= 11 is 0. The molecule has 4 aromatic rings. The number of carbonyl (C=O) groups is 2. The van der Waals surface area contributed by atoms with Crippen LogP contribution in [-0.4, -0.2) is 21.6 Å². The summed E-state index contributed by atoms with van der Waals surface area (Å²) in [6.45, 7) is 2.95.